The molecular formula is C24H22FN5. The summed E-state index contributed by atoms with van der Waals surface area (Å²) in [5.41, 5.74) is 4.82. The van der Waals surface area contributed by atoms with Crippen LogP contribution in [-0.2, 0) is 19.5 Å². The molecule has 3 aromatic carbocycles. The molecule has 0 N–H and O–H groups in total. The van der Waals surface area contributed by atoms with Gasteiger partial charge < -0.3 is 0 Å². The third-order valence-electron chi connectivity index (χ3n) is 5.69. The quantitative estimate of drug-likeness (QED) is 0.509. The number of hydrogen-bond acceptors (Lipinski definition) is 4. The highest BCUT2D eigenvalue weighted by Gasteiger charge is 2.30. The Balaban J connectivity index is 1.53. The van der Waals surface area contributed by atoms with Crippen molar-refractivity contribution < 1.29 is 4.39 Å². The normalized spacial score (nSPS) is 15.0. The van der Waals surface area contributed by atoms with Crippen LogP contribution in [0.2, 0.25) is 0 Å². The topological polar surface area (TPSA) is 46.8 Å². The molecule has 0 aliphatic carbocycles. The van der Waals surface area contributed by atoms with Crippen LogP contribution in [0.4, 0.5) is 4.39 Å². The van der Waals surface area contributed by atoms with Gasteiger partial charge in [-0.05, 0) is 51.2 Å². The van der Waals surface area contributed by atoms with Gasteiger partial charge in [0.15, 0.2) is 5.82 Å². The molecule has 0 radical (unpaired) electrons. The lowest BCUT2D eigenvalue weighted by Crippen LogP contribution is -2.36. The Morgan fingerprint density at radius 2 is 1.60 bits per heavy atom. The van der Waals surface area contributed by atoms with Crippen LogP contribution in [0.25, 0.3) is 0 Å². The molecule has 1 unspecified atom stereocenters. The monoisotopic (exact) mass is 399 g/mol. The van der Waals surface area contributed by atoms with Crippen LogP contribution in [0.5, 0.6) is 0 Å². The van der Waals surface area contributed by atoms with Gasteiger partial charge in [-0.2, -0.15) is 0 Å². The summed E-state index contributed by atoms with van der Waals surface area (Å²) < 4.78 is 15.5. The average Bonchev–Trinajstić information content (AvgIpc) is 3.23. The zero-order valence-electron chi connectivity index (χ0n) is 16.5. The Kier molecular flexibility index (Phi) is 5.07. The highest BCUT2D eigenvalue weighted by atomic mass is 19.1. The number of fused-ring (bicyclic) bond motifs is 1. The second-order valence-corrected chi connectivity index (χ2v) is 7.62. The third kappa shape index (κ3) is 3.74. The first-order valence-electron chi connectivity index (χ1n) is 10.1. The van der Waals surface area contributed by atoms with Crippen LogP contribution in [0, 0.1) is 5.82 Å². The largest absolute Gasteiger partial charge is 0.285 e. The summed E-state index contributed by atoms with van der Waals surface area (Å²) in [7, 11) is 0. The molecule has 1 atom stereocenters. The van der Waals surface area contributed by atoms with E-state index >= 15 is 0 Å². The number of halogens is 1. The van der Waals surface area contributed by atoms with Crippen molar-refractivity contribution in [2.75, 3.05) is 6.54 Å². The number of rotatable bonds is 5. The van der Waals surface area contributed by atoms with Crippen molar-refractivity contribution in [3.8, 4) is 0 Å². The van der Waals surface area contributed by atoms with Crippen LogP contribution < -0.4 is 0 Å². The van der Waals surface area contributed by atoms with Gasteiger partial charge in [-0.3, -0.25) is 4.90 Å². The molecule has 0 amide bonds. The maximum atomic E-state index is 13.6. The summed E-state index contributed by atoms with van der Waals surface area (Å²) >= 11 is 0. The predicted molar refractivity (Wildman–Crippen MR) is 112 cm³/mol. The molecule has 1 aromatic heterocycles. The minimum atomic E-state index is -0.245. The van der Waals surface area contributed by atoms with Crippen molar-refractivity contribution in [2.45, 2.75) is 25.6 Å². The summed E-state index contributed by atoms with van der Waals surface area (Å²) in [6, 6.07) is 25.2. The van der Waals surface area contributed by atoms with E-state index in [1.165, 1.54) is 23.3 Å². The number of nitrogens with zero attached hydrogens (tertiary/aromatic N) is 5. The second-order valence-electron chi connectivity index (χ2n) is 7.62. The number of benzene rings is 3. The maximum Gasteiger partial charge on any atom is 0.173 e. The first kappa shape index (κ1) is 18.6. The lowest BCUT2D eigenvalue weighted by molar-refractivity contribution is 0.195. The molecule has 5 nitrogen and oxygen atoms in total. The molecule has 0 saturated heterocycles. The maximum absolute atomic E-state index is 13.6. The van der Waals surface area contributed by atoms with Gasteiger partial charge in [-0.1, -0.05) is 66.7 Å². The average molecular weight is 399 g/mol. The number of tetrazole rings is 1. The summed E-state index contributed by atoms with van der Waals surface area (Å²) in [6.07, 6.45) is 0.966. The van der Waals surface area contributed by atoms with E-state index in [-0.39, 0.29) is 11.9 Å². The number of aromatic nitrogens is 4. The number of hydrogen-bond donors (Lipinski definition) is 0. The van der Waals surface area contributed by atoms with Gasteiger partial charge in [0.25, 0.3) is 0 Å². The Morgan fingerprint density at radius 1 is 0.867 bits per heavy atom. The molecule has 0 saturated carbocycles. The highest BCUT2D eigenvalue weighted by Crippen LogP contribution is 2.32. The molecule has 2 heterocycles. The van der Waals surface area contributed by atoms with Gasteiger partial charge >= 0.3 is 0 Å². The van der Waals surface area contributed by atoms with Crippen molar-refractivity contribution in [3.05, 3.63) is 113 Å². The van der Waals surface area contributed by atoms with Gasteiger partial charge in [0.2, 0.25) is 0 Å². The Hall–Kier alpha value is -3.38. The Bertz CT molecular complexity index is 1120. The second kappa shape index (κ2) is 8.16. The van der Waals surface area contributed by atoms with Crippen LogP contribution in [0.1, 0.15) is 34.1 Å². The third-order valence-corrected chi connectivity index (χ3v) is 5.69. The lowest BCUT2D eigenvalue weighted by Gasteiger charge is -2.35. The van der Waals surface area contributed by atoms with E-state index in [9.17, 15) is 4.39 Å². The summed E-state index contributed by atoms with van der Waals surface area (Å²) in [4.78, 5) is 2.38. The van der Waals surface area contributed by atoms with Crippen molar-refractivity contribution in [1.82, 2.24) is 25.1 Å². The predicted octanol–water partition coefficient (Wildman–Crippen LogP) is 4.01. The van der Waals surface area contributed by atoms with E-state index in [1.807, 2.05) is 35.0 Å². The van der Waals surface area contributed by atoms with Crippen molar-refractivity contribution in [1.29, 1.82) is 0 Å². The summed E-state index contributed by atoms with van der Waals surface area (Å²) in [5, 5.41) is 12.7. The fourth-order valence-electron chi connectivity index (χ4n) is 4.18. The molecule has 4 aromatic rings. The molecule has 30 heavy (non-hydrogen) atoms. The van der Waals surface area contributed by atoms with E-state index in [0.29, 0.717) is 6.54 Å². The SMILES string of the molecule is Fc1ccc(C(c2nnnn2Cc2ccccc2)N2CCc3ccccc3C2)cc1. The van der Waals surface area contributed by atoms with Gasteiger partial charge in [0.1, 0.15) is 5.82 Å². The zero-order chi connectivity index (χ0) is 20.3. The Labute approximate surface area is 174 Å². The van der Waals surface area contributed by atoms with Crippen molar-refractivity contribution >= 4 is 0 Å². The van der Waals surface area contributed by atoms with E-state index in [2.05, 4.69) is 56.8 Å². The molecule has 0 bridgehead atoms. The lowest BCUT2D eigenvalue weighted by atomic mass is 9.96. The molecule has 0 fully saturated rings. The molecule has 150 valence electrons. The molecule has 5 rings (SSSR count). The fourth-order valence-corrected chi connectivity index (χ4v) is 4.18. The van der Waals surface area contributed by atoms with E-state index < -0.39 is 0 Å². The van der Waals surface area contributed by atoms with E-state index in [1.54, 1.807) is 0 Å². The van der Waals surface area contributed by atoms with Gasteiger partial charge in [0, 0.05) is 13.1 Å². The van der Waals surface area contributed by atoms with E-state index in [0.717, 1.165) is 36.5 Å². The van der Waals surface area contributed by atoms with Crippen LogP contribution in [0.3, 0.4) is 0 Å². The van der Waals surface area contributed by atoms with Gasteiger partial charge in [-0.15, -0.1) is 5.10 Å². The zero-order valence-corrected chi connectivity index (χ0v) is 16.5. The minimum absolute atomic E-state index is 0.155. The molecule has 1 aliphatic rings. The minimum Gasteiger partial charge on any atom is -0.285 e. The molecular weight excluding hydrogens is 377 g/mol. The highest BCUT2D eigenvalue weighted by molar-refractivity contribution is 5.32. The van der Waals surface area contributed by atoms with E-state index in [4.69, 9.17) is 0 Å². The first-order valence-corrected chi connectivity index (χ1v) is 10.1. The van der Waals surface area contributed by atoms with Crippen LogP contribution in [-0.4, -0.2) is 31.7 Å². The van der Waals surface area contributed by atoms with Crippen LogP contribution >= 0.6 is 0 Å². The molecule has 6 heteroatoms. The summed E-state index contributed by atoms with van der Waals surface area (Å²) in [6.45, 7) is 2.28. The Morgan fingerprint density at radius 3 is 2.40 bits per heavy atom. The van der Waals surface area contributed by atoms with Crippen molar-refractivity contribution in [2.24, 2.45) is 0 Å². The molecule has 0 spiro atoms. The van der Waals surface area contributed by atoms with Crippen LogP contribution in [0.15, 0.2) is 78.9 Å². The van der Waals surface area contributed by atoms with Gasteiger partial charge in [-0.25, -0.2) is 9.07 Å². The first-order chi connectivity index (χ1) is 14.8. The fraction of sp³-hybridized carbons (Fsp3) is 0.208. The molecule has 1 aliphatic heterocycles. The van der Waals surface area contributed by atoms with Crippen molar-refractivity contribution in [3.63, 3.8) is 0 Å². The van der Waals surface area contributed by atoms with Gasteiger partial charge in [0.05, 0.1) is 12.6 Å². The summed E-state index contributed by atoms with van der Waals surface area (Å²) in [5.74, 6) is 0.523. The smallest absolute Gasteiger partial charge is 0.173 e. The standard InChI is InChI=1S/C24H22FN5/c25-22-12-10-20(11-13-22)23(29-15-14-19-8-4-5-9-21(19)17-29)24-26-27-28-30(24)16-18-6-2-1-3-7-18/h1-13,23H,14-17H2.